The van der Waals surface area contributed by atoms with Crippen molar-refractivity contribution in [2.45, 2.75) is 32.9 Å². The second kappa shape index (κ2) is 8.69. The van der Waals surface area contributed by atoms with Crippen molar-refractivity contribution in [1.29, 1.82) is 0 Å². The van der Waals surface area contributed by atoms with Crippen LogP contribution < -0.4 is 4.57 Å². The van der Waals surface area contributed by atoms with Crippen LogP contribution in [0, 0.1) is 6.92 Å². The van der Waals surface area contributed by atoms with Gasteiger partial charge in [-0.05, 0) is 30.7 Å². The number of hydrogen-bond acceptors (Lipinski definition) is 3. The lowest BCUT2D eigenvalue weighted by molar-refractivity contribution is -0.696. The molecule has 3 aromatic heterocycles. The van der Waals surface area contributed by atoms with Crippen molar-refractivity contribution < 1.29 is 8.99 Å². The van der Waals surface area contributed by atoms with Crippen LogP contribution in [-0.4, -0.2) is 31.6 Å². The van der Waals surface area contributed by atoms with Gasteiger partial charge in [-0.15, -0.1) is 0 Å². The van der Waals surface area contributed by atoms with Crippen molar-refractivity contribution in [3.8, 4) is 0 Å². The van der Waals surface area contributed by atoms with Gasteiger partial charge in [0.15, 0.2) is 0 Å². The maximum absolute atomic E-state index is 5.05. The molecule has 25 heavy (non-hydrogen) atoms. The SMILES string of the molecule is Cc1c[n+](Cc2ccccn2)c(CCCO[Si])n1Cc1ccccn1. The van der Waals surface area contributed by atoms with Gasteiger partial charge in [-0.1, -0.05) is 12.1 Å². The molecule has 0 aromatic carbocycles. The summed E-state index contributed by atoms with van der Waals surface area (Å²) in [6.07, 6.45) is 7.75. The van der Waals surface area contributed by atoms with E-state index >= 15 is 0 Å². The molecule has 0 saturated carbocycles. The zero-order valence-electron chi connectivity index (χ0n) is 14.4. The van der Waals surface area contributed by atoms with Gasteiger partial charge in [0, 0.05) is 25.9 Å². The van der Waals surface area contributed by atoms with Crippen LogP contribution in [0.5, 0.6) is 0 Å². The van der Waals surface area contributed by atoms with Gasteiger partial charge in [0.25, 0.3) is 5.82 Å². The lowest BCUT2D eigenvalue weighted by Crippen LogP contribution is -2.38. The van der Waals surface area contributed by atoms with Crippen LogP contribution in [0.4, 0.5) is 0 Å². The van der Waals surface area contributed by atoms with Gasteiger partial charge in [0.2, 0.25) is 10.5 Å². The van der Waals surface area contributed by atoms with Crippen molar-refractivity contribution in [2.75, 3.05) is 6.61 Å². The summed E-state index contributed by atoms with van der Waals surface area (Å²) in [5, 5.41) is 0. The molecule has 0 bridgehead atoms. The highest BCUT2D eigenvalue weighted by atomic mass is 28.2. The minimum atomic E-state index is 0.675. The highest BCUT2D eigenvalue weighted by molar-refractivity contribution is 5.97. The summed E-state index contributed by atoms with van der Waals surface area (Å²) in [7, 11) is 3.09. The number of aromatic nitrogens is 4. The summed E-state index contributed by atoms with van der Waals surface area (Å²) >= 11 is 0. The van der Waals surface area contributed by atoms with Crippen LogP contribution in [0.25, 0.3) is 0 Å². The van der Waals surface area contributed by atoms with Gasteiger partial charge >= 0.3 is 0 Å². The van der Waals surface area contributed by atoms with E-state index in [1.165, 1.54) is 11.5 Å². The lowest BCUT2D eigenvalue weighted by Gasteiger charge is -2.06. The monoisotopic (exact) mass is 350 g/mol. The number of hydrogen-bond donors (Lipinski definition) is 0. The summed E-state index contributed by atoms with van der Waals surface area (Å²) in [6.45, 7) is 4.35. The molecule has 0 atom stereocenters. The van der Waals surface area contributed by atoms with Crippen molar-refractivity contribution in [3.63, 3.8) is 0 Å². The van der Waals surface area contributed by atoms with Gasteiger partial charge in [-0.2, -0.15) is 0 Å². The normalized spacial score (nSPS) is 11.0. The summed E-state index contributed by atoms with van der Waals surface area (Å²) < 4.78 is 9.67. The Morgan fingerprint density at radius 3 is 2.44 bits per heavy atom. The van der Waals surface area contributed by atoms with E-state index < -0.39 is 0 Å². The second-order valence-corrected chi connectivity index (χ2v) is 6.28. The minimum absolute atomic E-state index is 0.675. The topological polar surface area (TPSA) is 43.8 Å². The third-order valence-corrected chi connectivity index (χ3v) is 4.37. The first-order chi connectivity index (χ1) is 12.3. The first kappa shape index (κ1) is 17.5. The number of pyridine rings is 2. The Morgan fingerprint density at radius 1 is 1.08 bits per heavy atom. The zero-order valence-corrected chi connectivity index (χ0v) is 15.4. The maximum atomic E-state index is 5.05. The fourth-order valence-corrected chi connectivity index (χ4v) is 3.13. The molecule has 127 valence electrons. The molecule has 0 unspecified atom stereocenters. The van der Waals surface area contributed by atoms with E-state index in [2.05, 4.69) is 54.8 Å². The average Bonchev–Trinajstić information content (AvgIpc) is 2.92. The predicted molar refractivity (Wildman–Crippen MR) is 96.1 cm³/mol. The molecule has 3 radical (unpaired) electrons. The van der Waals surface area contributed by atoms with Crippen LogP contribution in [0.2, 0.25) is 0 Å². The fourth-order valence-electron chi connectivity index (χ4n) is 2.98. The quantitative estimate of drug-likeness (QED) is 0.355. The smallest absolute Gasteiger partial charge is 0.257 e. The first-order valence-electron chi connectivity index (χ1n) is 8.44. The molecule has 0 spiro atoms. The highest BCUT2D eigenvalue weighted by Crippen LogP contribution is 2.10. The Hall–Kier alpha value is -2.31. The molecular weight excluding hydrogens is 328 g/mol. The highest BCUT2D eigenvalue weighted by Gasteiger charge is 2.21. The van der Waals surface area contributed by atoms with Crippen molar-refractivity contribution in [2.24, 2.45) is 0 Å². The Labute approximate surface area is 151 Å². The van der Waals surface area contributed by atoms with Gasteiger partial charge in [-0.3, -0.25) is 9.97 Å². The Morgan fingerprint density at radius 2 is 1.80 bits per heavy atom. The predicted octanol–water partition coefficient (Wildman–Crippen LogP) is 2.00. The molecule has 3 rings (SSSR count). The van der Waals surface area contributed by atoms with E-state index in [4.69, 9.17) is 4.43 Å². The molecule has 0 aliphatic heterocycles. The lowest BCUT2D eigenvalue weighted by atomic mass is 10.2. The number of rotatable bonds is 8. The number of aryl methyl sites for hydroxylation is 1. The molecule has 3 heterocycles. The third-order valence-electron chi connectivity index (χ3n) is 4.16. The largest absolute Gasteiger partial charge is 0.419 e. The van der Waals surface area contributed by atoms with E-state index in [0.717, 1.165) is 37.3 Å². The Balaban J connectivity index is 1.89. The first-order valence-corrected chi connectivity index (χ1v) is 8.85. The van der Waals surface area contributed by atoms with E-state index in [9.17, 15) is 0 Å². The second-order valence-electron chi connectivity index (χ2n) is 5.99. The summed E-state index contributed by atoms with van der Waals surface area (Å²) in [5.41, 5.74) is 3.33. The van der Waals surface area contributed by atoms with Crippen molar-refractivity contribution in [3.05, 3.63) is 77.9 Å². The Bertz CT molecular complexity index is 790. The van der Waals surface area contributed by atoms with E-state index in [0.29, 0.717) is 6.61 Å². The molecule has 0 fully saturated rings. The maximum Gasteiger partial charge on any atom is 0.257 e. The minimum Gasteiger partial charge on any atom is -0.419 e. The molecule has 0 amide bonds. The Kier molecular flexibility index (Phi) is 6.08. The van der Waals surface area contributed by atoms with E-state index in [1.807, 2.05) is 36.7 Å². The number of imidazole rings is 1. The standard InChI is InChI=1S/C19H22N4OSi/c1-16-13-22(14-17-7-2-4-10-20-17)19(9-6-12-24-25)23(16)15-18-8-3-5-11-21-18/h2-5,7-8,10-11,13H,6,9,12,14-15H2,1H3/q+1. The average molecular weight is 350 g/mol. The van der Waals surface area contributed by atoms with Crippen LogP contribution >= 0.6 is 0 Å². The molecule has 5 nitrogen and oxygen atoms in total. The van der Waals surface area contributed by atoms with Crippen LogP contribution in [-0.2, 0) is 23.9 Å². The van der Waals surface area contributed by atoms with Gasteiger partial charge < -0.3 is 4.43 Å². The molecular formula is C19H22N4OSi+. The zero-order chi connectivity index (χ0) is 17.5. The molecule has 0 aliphatic carbocycles. The molecule has 3 aromatic rings. The molecule has 0 N–H and O–H groups in total. The van der Waals surface area contributed by atoms with Gasteiger partial charge in [0.05, 0.1) is 17.8 Å². The molecule has 0 saturated heterocycles. The molecule has 6 heteroatoms. The van der Waals surface area contributed by atoms with Crippen molar-refractivity contribution >= 4 is 10.5 Å². The molecule has 0 aliphatic rings. The summed E-state index contributed by atoms with van der Waals surface area (Å²) in [4.78, 5) is 8.93. The number of nitrogens with zero attached hydrogens (tertiary/aromatic N) is 4. The van der Waals surface area contributed by atoms with Gasteiger partial charge in [-0.25, -0.2) is 9.13 Å². The van der Waals surface area contributed by atoms with Gasteiger partial charge in [0.1, 0.15) is 25.0 Å². The summed E-state index contributed by atoms with van der Waals surface area (Å²) in [6, 6.07) is 12.1. The third kappa shape index (κ3) is 4.61. The summed E-state index contributed by atoms with van der Waals surface area (Å²) in [5.74, 6) is 1.26. The fraction of sp³-hybridized carbons (Fsp3) is 0.316. The van der Waals surface area contributed by atoms with E-state index in [-0.39, 0.29) is 0 Å². The van der Waals surface area contributed by atoms with Crippen molar-refractivity contribution in [1.82, 2.24) is 14.5 Å². The van der Waals surface area contributed by atoms with E-state index in [1.54, 1.807) is 0 Å². The van der Waals surface area contributed by atoms with Crippen LogP contribution in [0.3, 0.4) is 0 Å². The van der Waals surface area contributed by atoms with Crippen LogP contribution in [0.1, 0.15) is 29.3 Å². The van der Waals surface area contributed by atoms with Crippen LogP contribution in [0.15, 0.2) is 55.0 Å².